The fraction of sp³-hybridized carbons (Fsp3) is 0.0714. The van der Waals surface area contributed by atoms with Crippen LogP contribution >= 0.6 is 0 Å². The molecular weight excluding hydrogens is 402 g/mol. The smallest absolute Gasteiger partial charge is 0.0711 e. The van der Waals surface area contributed by atoms with Crippen LogP contribution in [0.4, 0.5) is 0 Å². The molecule has 4 rings (SSSR count). The summed E-state index contributed by atoms with van der Waals surface area (Å²) in [6, 6.07) is 10.5. The molecular formula is C14H10IrN3-. The van der Waals surface area contributed by atoms with Gasteiger partial charge in [0.2, 0.25) is 0 Å². The first-order valence-electron chi connectivity index (χ1n) is 5.57. The van der Waals surface area contributed by atoms with Crippen LogP contribution in [0, 0.1) is 6.20 Å². The van der Waals surface area contributed by atoms with E-state index in [0.717, 1.165) is 11.0 Å². The summed E-state index contributed by atoms with van der Waals surface area (Å²) in [5, 5.41) is 8.07. The average Bonchev–Trinajstić information content (AvgIpc) is 2.94. The van der Waals surface area contributed by atoms with Crippen molar-refractivity contribution in [3.63, 3.8) is 0 Å². The van der Waals surface area contributed by atoms with Crippen LogP contribution in [-0.4, -0.2) is 14.2 Å². The van der Waals surface area contributed by atoms with E-state index in [-0.39, 0.29) is 20.1 Å². The van der Waals surface area contributed by atoms with Crippen LogP contribution in [0.5, 0.6) is 0 Å². The molecule has 3 heterocycles. The van der Waals surface area contributed by atoms with Gasteiger partial charge in [-0.05, 0) is 24.0 Å². The van der Waals surface area contributed by atoms with Crippen molar-refractivity contribution in [2.24, 2.45) is 7.05 Å². The van der Waals surface area contributed by atoms with Crippen molar-refractivity contribution in [3.05, 3.63) is 48.9 Å². The van der Waals surface area contributed by atoms with Crippen molar-refractivity contribution in [3.8, 4) is 0 Å². The summed E-state index contributed by atoms with van der Waals surface area (Å²) >= 11 is 0. The first-order chi connectivity index (χ1) is 8.34. The zero-order chi connectivity index (χ0) is 11.4. The molecule has 0 fully saturated rings. The minimum atomic E-state index is 0. The number of rotatable bonds is 0. The molecule has 0 unspecified atom stereocenters. The van der Waals surface area contributed by atoms with Gasteiger partial charge in [-0.25, -0.2) is 0 Å². The summed E-state index contributed by atoms with van der Waals surface area (Å²) in [5.41, 5.74) is 2.17. The molecule has 0 spiro atoms. The van der Waals surface area contributed by atoms with E-state index in [0.29, 0.717) is 0 Å². The molecule has 4 aromatic rings. The second-order valence-corrected chi connectivity index (χ2v) is 4.29. The standard InChI is InChI=1S/C14H10N3.Ir/c1-16-8-12-10-4-2-3-5-11(10)13-6-7-15-17(13)14(12)9-16;/h2-8H,1H3;/q-1;. The molecule has 1 aromatic carbocycles. The van der Waals surface area contributed by atoms with Gasteiger partial charge >= 0.3 is 0 Å². The van der Waals surface area contributed by atoms with Gasteiger partial charge in [0, 0.05) is 26.3 Å². The van der Waals surface area contributed by atoms with Crippen LogP contribution in [0.1, 0.15) is 0 Å². The Bertz CT molecular complexity index is 857. The van der Waals surface area contributed by atoms with E-state index in [2.05, 4.69) is 41.8 Å². The molecule has 0 bridgehead atoms. The molecule has 4 heteroatoms. The maximum atomic E-state index is 4.38. The third kappa shape index (κ3) is 1.36. The monoisotopic (exact) mass is 413 g/mol. The Labute approximate surface area is 117 Å². The van der Waals surface area contributed by atoms with Gasteiger partial charge in [-0.3, -0.25) is 4.52 Å². The van der Waals surface area contributed by atoms with E-state index in [4.69, 9.17) is 0 Å². The second-order valence-electron chi connectivity index (χ2n) is 4.29. The number of nitrogens with zero attached hydrogens (tertiary/aromatic N) is 3. The van der Waals surface area contributed by atoms with Crippen molar-refractivity contribution >= 4 is 27.2 Å². The molecule has 0 atom stereocenters. The summed E-state index contributed by atoms with van der Waals surface area (Å²) < 4.78 is 3.91. The van der Waals surface area contributed by atoms with Gasteiger partial charge in [0.15, 0.2) is 0 Å². The molecule has 0 saturated heterocycles. The first kappa shape index (κ1) is 11.4. The third-order valence-corrected chi connectivity index (χ3v) is 3.21. The average molecular weight is 412 g/mol. The van der Waals surface area contributed by atoms with E-state index in [9.17, 15) is 0 Å². The topological polar surface area (TPSA) is 22.2 Å². The summed E-state index contributed by atoms with van der Waals surface area (Å²) in [5.74, 6) is 0. The maximum absolute atomic E-state index is 4.38. The summed E-state index contributed by atoms with van der Waals surface area (Å²) in [7, 11) is 1.99. The largest absolute Gasteiger partial charge is 0.471 e. The third-order valence-electron chi connectivity index (χ3n) is 3.21. The zero-order valence-electron chi connectivity index (χ0n) is 9.72. The Morgan fingerprint density at radius 3 is 2.67 bits per heavy atom. The molecule has 0 saturated carbocycles. The molecule has 0 aliphatic heterocycles. The Morgan fingerprint density at radius 2 is 1.83 bits per heavy atom. The number of aryl methyl sites for hydroxylation is 1. The van der Waals surface area contributed by atoms with E-state index < -0.39 is 0 Å². The Morgan fingerprint density at radius 1 is 1.06 bits per heavy atom. The minimum Gasteiger partial charge on any atom is -0.471 e. The van der Waals surface area contributed by atoms with Crippen molar-refractivity contribution < 1.29 is 20.1 Å². The van der Waals surface area contributed by atoms with Crippen LogP contribution < -0.4 is 0 Å². The van der Waals surface area contributed by atoms with Gasteiger partial charge in [0.05, 0.1) is 5.52 Å². The zero-order valence-corrected chi connectivity index (χ0v) is 12.1. The number of pyridine rings is 1. The predicted molar refractivity (Wildman–Crippen MR) is 68.0 cm³/mol. The molecule has 1 radical (unpaired) electrons. The molecule has 3 nitrogen and oxygen atoms in total. The van der Waals surface area contributed by atoms with Crippen LogP contribution in [0.15, 0.2) is 42.7 Å². The SMILES string of the molecule is Cn1[c-]c2c(c1)c1ccccc1c1ccnn21.[Ir]. The second kappa shape index (κ2) is 3.94. The van der Waals surface area contributed by atoms with Crippen molar-refractivity contribution in [1.29, 1.82) is 0 Å². The normalized spacial score (nSPS) is 11.2. The van der Waals surface area contributed by atoms with E-state index in [1.54, 1.807) is 0 Å². The van der Waals surface area contributed by atoms with E-state index in [1.807, 2.05) is 28.4 Å². The predicted octanol–water partition coefficient (Wildman–Crippen LogP) is 2.78. The number of fused-ring (bicyclic) bond motifs is 6. The molecule has 3 aromatic heterocycles. The molecule has 0 amide bonds. The van der Waals surface area contributed by atoms with Crippen LogP contribution in [0.25, 0.3) is 27.2 Å². The van der Waals surface area contributed by atoms with Gasteiger partial charge in [-0.1, -0.05) is 35.8 Å². The van der Waals surface area contributed by atoms with Gasteiger partial charge in [-0.2, -0.15) is 5.10 Å². The molecule has 0 aliphatic rings. The Balaban J connectivity index is 0.000001000. The molecule has 18 heavy (non-hydrogen) atoms. The number of hydrogen-bond donors (Lipinski definition) is 0. The molecule has 0 N–H and O–H groups in total. The summed E-state index contributed by atoms with van der Waals surface area (Å²) in [6.07, 6.45) is 7.23. The summed E-state index contributed by atoms with van der Waals surface area (Å²) in [4.78, 5) is 0. The van der Waals surface area contributed by atoms with Gasteiger partial charge in [0.1, 0.15) is 0 Å². The molecule has 91 valence electrons. The van der Waals surface area contributed by atoms with Gasteiger partial charge in [-0.15, -0.1) is 11.6 Å². The van der Waals surface area contributed by atoms with Gasteiger partial charge in [0.25, 0.3) is 0 Å². The first-order valence-corrected chi connectivity index (χ1v) is 5.57. The Kier molecular flexibility index (Phi) is 2.50. The van der Waals surface area contributed by atoms with Crippen molar-refractivity contribution in [2.45, 2.75) is 0 Å². The van der Waals surface area contributed by atoms with Crippen molar-refractivity contribution in [2.75, 3.05) is 0 Å². The van der Waals surface area contributed by atoms with Crippen LogP contribution in [0.3, 0.4) is 0 Å². The number of aromatic nitrogens is 3. The number of hydrogen-bond acceptors (Lipinski definition) is 1. The Hall–Kier alpha value is -1.64. The van der Waals surface area contributed by atoms with E-state index >= 15 is 0 Å². The summed E-state index contributed by atoms with van der Waals surface area (Å²) in [6.45, 7) is 0. The molecule has 0 aliphatic carbocycles. The van der Waals surface area contributed by atoms with E-state index in [1.165, 1.54) is 16.2 Å². The number of benzene rings is 1. The minimum absolute atomic E-state index is 0. The fourth-order valence-electron chi connectivity index (χ4n) is 2.50. The fourth-order valence-corrected chi connectivity index (χ4v) is 2.50. The van der Waals surface area contributed by atoms with Crippen LogP contribution in [-0.2, 0) is 27.2 Å². The maximum Gasteiger partial charge on any atom is 0.0711 e. The van der Waals surface area contributed by atoms with Crippen molar-refractivity contribution in [1.82, 2.24) is 14.2 Å². The van der Waals surface area contributed by atoms with Crippen LogP contribution in [0.2, 0.25) is 0 Å². The van der Waals surface area contributed by atoms with Gasteiger partial charge < -0.3 is 4.57 Å². The quantitative estimate of drug-likeness (QED) is 0.407.